The zero-order chi connectivity index (χ0) is 12.2. The van der Waals surface area contributed by atoms with E-state index in [9.17, 15) is 4.39 Å². The Bertz CT molecular complexity index is 333. The van der Waals surface area contributed by atoms with Crippen LogP contribution in [0.5, 0.6) is 0 Å². The second kappa shape index (κ2) is 5.41. The molecule has 1 atom stereocenters. The predicted molar refractivity (Wildman–Crippen MR) is 63.7 cm³/mol. The molecule has 0 aliphatic heterocycles. The lowest BCUT2D eigenvalue weighted by molar-refractivity contribution is 0.235. The highest BCUT2D eigenvalue weighted by Gasteiger charge is 2.25. The average Bonchev–Trinajstić information content (AvgIpc) is 2.16. The van der Waals surface area contributed by atoms with E-state index in [-0.39, 0.29) is 23.9 Å². The molecule has 0 amide bonds. The van der Waals surface area contributed by atoms with E-state index in [0.29, 0.717) is 6.54 Å². The van der Waals surface area contributed by atoms with Crippen molar-refractivity contribution in [3.05, 3.63) is 35.6 Å². The van der Waals surface area contributed by atoms with Gasteiger partial charge in [0.25, 0.3) is 0 Å². The fraction of sp³-hybridized carbons (Fsp3) is 0.538. The second-order valence-corrected chi connectivity index (χ2v) is 5.03. The molecule has 0 spiro atoms. The number of hydrogen-bond acceptors (Lipinski definition) is 2. The molecule has 1 unspecified atom stereocenters. The summed E-state index contributed by atoms with van der Waals surface area (Å²) in [6.07, 6.45) is 0. The van der Waals surface area contributed by atoms with Gasteiger partial charge in [0.2, 0.25) is 0 Å². The molecule has 2 N–H and O–H groups in total. The van der Waals surface area contributed by atoms with Gasteiger partial charge < -0.3 is 10.4 Å². The largest absolute Gasteiger partial charge is 0.395 e. The summed E-state index contributed by atoms with van der Waals surface area (Å²) in [7, 11) is 0. The standard InChI is InChI=1S/C13H20FNO/c1-13(2,3)12(15-7-8-16)10-5-4-6-11(14)9-10/h4-6,9,12,15-16H,7-8H2,1-3H3. The van der Waals surface area contributed by atoms with Gasteiger partial charge in [0.05, 0.1) is 6.61 Å². The van der Waals surface area contributed by atoms with Crippen LogP contribution in [0.25, 0.3) is 0 Å². The molecule has 16 heavy (non-hydrogen) atoms. The van der Waals surface area contributed by atoms with Gasteiger partial charge in [-0.05, 0) is 23.1 Å². The van der Waals surface area contributed by atoms with Crippen molar-refractivity contribution in [3.8, 4) is 0 Å². The molecule has 1 aromatic rings. The van der Waals surface area contributed by atoms with Gasteiger partial charge in [-0.1, -0.05) is 32.9 Å². The summed E-state index contributed by atoms with van der Waals surface area (Å²) < 4.78 is 13.2. The number of nitrogens with one attached hydrogen (secondary N) is 1. The Balaban J connectivity index is 2.92. The zero-order valence-corrected chi connectivity index (χ0v) is 10.1. The first-order chi connectivity index (χ1) is 7.45. The third kappa shape index (κ3) is 3.58. The highest BCUT2D eigenvalue weighted by atomic mass is 19.1. The minimum absolute atomic E-state index is 0.0248. The summed E-state index contributed by atoms with van der Waals surface area (Å²) in [4.78, 5) is 0. The summed E-state index contributed by atoms with van der Waals surface area (Å²) in [6, 6.07) is 6.64. The van der Waals surface area contributed by atoms with Gasteiger partial charge in [-0.3, -0.25) is 0 Å². The third-order valence-electron chi connectivity index (χ3n) is 2.51. The van der Waals surface area contributed by atoms with Gasteiger partial charge in [0.15, 0.2) is 0 Å². The summed E-state index contributed by atoms with van der Waals surface area (Å²) in [6.45, 7) is 6.87. The van der Waals surface area contributed by atoms with Crippen LogP contribution in [0.1, 0.15) is 32.4 Å². The van der Waals surface area contributed by atoms with E-state index in [1.54, 1.807) is 12.1 Å². The van der Waals surface area contributed by atoms with E-state index >= 15 is 0 Å². The van der Waals surface area contributed by atoms with E-state index in [1.165, 1.54) is 6.07 Å². The highest BCUT2D eigenvalue weighted by Crippen LogP contribution is 2.32. The summed E-state index contributed by atoms with van der Waals surface area (Å²) >= 11 is 0. The van der Waals surface area contributed by atoms with Crippen LogP contribution in [0.15, 0.2) is 24.3 Å². The van der Waals surface area contributed by atoms with E-state index in [1.807, 2.05) is 6.07 Å². The van der Waals surface area contributed by atoms with Gasteiger partial charge >= 0.3 is 0 Å². The van der Waals surface area contributed by atoms with E-state index in [0.717, 1.165) is 5.56 Å². The van der Waals surface area contributed by atoms with Gasteiger partial charge in [-0.25, -0.2) is 4.39 Å². The average molecular weight is 225 g/mol. The van der Waals surface area contributed by atoms with E-state index < -0.39 is 0 Å². The normalized spacial score (nSPS) is 13.8. The SMILES string of the molecule is CC(C)(C)C(NCCO)c1cccc(F)c1. The van der Waals surface area contributed by atoms with Crippen LogP contribution in [0.2, 0.25) is 0 Å². The molecule has 2 nitrogen and oxygen atoms in total. The molecule has 0 saturated carbocycles. The molecule has 0 fully saturated rings. The number of benzene rings is 1. The Hall–Kier alpha value is -0.930. The fourth-order valence-electron chi connectivity index (χ4n) is 1.82. The fourth-order valence-corrected chi connectivity index (χ4v) is 1.82. The van der Waals surface area contributed by atoms with E-state index in [2.05, 4.69) is 26.1 Å². The summed E-state index contributed by atoms with van der Waals surface area (Å²) in [5, 5.41) is 12.1. The lowest BCUT2D eigenvalue weighted by Crippen LogP contribution is -2.34. The molecule has 0 heterocycles. The molecule has 0 aliphatic carbocycles. The van der Waals surface area contributed by atoms with Crippen molar-refractivity contribution in [3.63, 3.8) is 0 Å². The minimum atomic E-state index is -0.224. The first-order valence-electron chi connectivity index (χ1n) is 5.55. The Kier molecular flexibility index (Phi) is 4.44. The van der Waals surface area contributed by atoms with Crippen LogP contribution in [0, 0.1) is 11.2 Å². The molecular weight excluding hydrogens is 205 g/mol. The van der Waals surface area contributed by atoms with Gasteiger partial charge in [0, 0.05) is 12.6 Å². The van der Waals surface area contributed by atoms with Crippen molar-refractivity contribution < 1.29 is 9.50 Å². The molecule has 1 rings (SSSR count). The maximum absolute atomic E-state index is 13.2. The van der Waals surface area contributed by atoms with Crippen LogP contribution in [0.3, 0.4) is 0 Å². The van der Waals surface area contributed by atoms with Crippen LogP contribution in [-0.2, 0) is 0 Å². The number of halogens is 1. The maximum atomic E-state index is 13.2. The Morgan fingerprint density at radius 2 is 2.06 bits per heavy atom. The summed E-state index contributed by atoms with van der Waals surface area (Å²) in [5.74, 6) is -0.224. The topological polar surface area (TPSA) is 32.3 Å². The van der Waals surface area contributed by atoms with Crippen molar-refractivity contribution in [1.82, 2.24) is 5.32 Å². The molecule has 0 aromatic heterocycles. The molecule has 1 aromatic carbocycles. The van der Waals surface area contributed by atoms with Crippen molar-refractivity contribution in [2.45, 2.75) is 26.8 Å². The van der Waals surface area contributed by atoms with Gasteiger partial charge in [-0.15, -0.1) is 0 Å². The molecule has 0 saturated heterocycles. The van der Waals surface area contributed by atoms with E-state index in [4.69, 9.17) is 5.11 Å². The minimum Gasteiger partial charge on any atom is -0.395 e. The number of aliphatic hydroxyl groups excluding tert-OH is 1. The first kappa shape index (κ1) is 13.1. The molecule has 0 aliphatic rings. The number of aliphatic hydroxyl groups is 1. The van der Waals surface area contributed by atoms with Crippen molar-refractivity contribution >= 4 is 0 Å². The zero-order valence-electron chi connectivity index (χ0n) is 10.1. The Labute approximate surface area is 96.5 Å². The van der Waals surface area contributed by atoms with Crippen LogP contribution in [0.4, 0.5) is 4.39 Å². The molecule has 90 valence electrons. The third-order valence-corrected chi connectivity index (χ3v) is 2.51. The van der Waals surface area contributed by atoms with Crippen LogP contribution >= 0.6 is 0 Å². The highest BCUT2D eigenvalue weighted by molar-refractivity contribution is 5.21. The lowest BCUT2D eigenvalue weighted by Gasteiger charge is -2.32. The van der Waals surface area contributed by atoms with Crippen LogP contribution < -0.4 is 5.32 Å². The monoisotopic (exact) mass is 225 g/mol. The molecule has 0 radical (unpaired) electrons. The molecule has 3 heteroatoms. The number of hydrogen-bond donors (Lipinski definition) is 2. The van der Waals surface area contributed by atoms with Gasteiger partial charge in [0.1, 0.15) is 5.82 Å². The Morgan fingerprint density at radius 1 is 1.38 bits per heavy atom. The van der Waals surface area contributed by atoms with Crippen molar-refractivity contribution in [2.24, 2.45) is 5.41 Å². The smallest absolute Gasteiger partial charge is 0.123 e. The first-order valence-corrected chi connectivity index (χ1v) is 5.55. The van der Waals surface area contributed by atoms with Crippen LogP contribution in [-0.4, -0.2) is 18.3 Å². The van der Waals surface area contributed by atoms with Crippen molar-refractivity contribution in [2.75, 3.05) is 13.2 Å². The number of rotatable bonds is 4. The second-order valence-electron chi connectivity index (χ2n) is 5.03. The Morgan fingerprint density at radius 3 is 2.56 bits per heavy atom. The quantitative estimate of drug-likeness (QED) is 0.825. The molecular formula is C13H20FNO. The summed E-state index contributed by atoms with van der Waals surface area (Å²) in [5.41, 5.74) is 0.893. The molecule has 0 bridgehead atoms. The van der Waals surface area contributed by atoms with Crippen molar-refractivity contribution in [1.29, 1.82) is 0 Å². The predicted octanol–water partition coefficient (Wildman–Crippen LogP) is 2.49. The maximum Gasteiger partial charge on any atom is 0.123 e. The van der Waals surface area contributed by atoms with Gasteiger partial charge in [-0.2, -0.15) is 0 Å². The lowest BCUT2D eigenvalue weighted by atomic mass is 9.82.